The summed E-state index contributed by atoms with van der Waals surface area (Å²) >= 11 is 7.72. The van der Waals surface area contributed by atoms with Crippen LogP contribution in [0.3, 0.4) is 0 Å². The van der Waals surface area contributed by atoms with Crippen molar-refractivity contribution in [3.05, 3.63) is 106 Å². The molecule has 1 atom stereocenters. The summed E-state index contributed by atoms with van der Waals surface area (Å²) in [5.74, 6) is 0.0194. The molecule has 0 radical (unpaired) electrons. The summed E-state index contributed by atoms with van der Waals surface area (Å²) in [5.41, 5.74) is 2.19. The molecule has 0 unspecified atom stereocenters. The molecule has 0 fully saturated rings. The van der Waals surface area contributed by atoms with Gasteiger partial charge in [0, 0.05) is 29.3 Å². The largest absolute Gasteiger partial charge is 0.350 e. The number of rotatable bonds is 10. The highest BCUT2D eigenvalue weighted by Gasteiger charge is 2.32. The first-order valence-corrected chi connectivity index (χ1v) is 13.4. The third-order valence-electron chi connectivity index (χ3n) is 5.48. The number of carbonyl (C=O) groups excluding carboxylic acids is 2. The van der Waals surface area contributed by atoms with Crippen molar-refractivity contribution >= 4 is 35.2 Å². The summed E-state index contributed by atoms with van der Waals surface area (Å²) in [6, 6.07) is 22.5. The van der Waals surface area contributed by atoms with E-state index in [2.05, 4.69) is 5.32 Å². The first-order chi connectivity index (χ1) is 17.1. The highest BCUT2D eigenvalue weighted by molar-refractivity contribution is 7.99. The van der Waals surface area contributed by atoms with Gasteiger partial charge in [-0.25, -0.2) is 4.39 Å². The first kappa shape index (κ1) is 27.8. The summed E-state index contributed by atoms with van der Waals surface area (Å²) in [7, 11) is 0. The van der Waals surface area contributed by atoms with Gasteiger partial charge >= 0.3 is 0 Å². The lowest BCUT2D eigenvalue weighted by Crippen LogP contribution is -2.54. The van der Waals surface area contributed by atoms with E-state index in [1.807, 2.05) is 75.4 Å². The van der Waals surface area contributed by atoms with Crippen LogP contribution < -0.4 is 5.32 Å². The van der Waals surface area contributed by atoms with Crippen LogP contribution in [0.15, 0.2) is 78.9 Å². The maximum Gasteiger partial charge on any atom is 0.243 e. The third-order valence-corrected chi connectivity index (χ3v) is 6.81. The van der Waals surface area contributed by atoms with Crippen LogP contribution in [0.5, 0.6) is 0 Å². The molecule has 3 aromatic carbocycles. The van der Waals surface area contributed by atoms with Crippen LogP contribution in [-0.2, 0) is 28.3 Å². The number of nitrogens with one attached hydrogen (secondary N) is 1. The van der Waals surface area contributed by atoms with Gasteiger partial charge in [-0.3, -0.25) is 9.59 Å². The third kappa shape index (κ3) is 8.68. The van der Waals surface area contributed by atoms with Gasteiger partial charge in [-0.1, -0.05) is 72.3 Å². The van der Waals surface area contributed by atoms with Crippen LogP contribution in [0.25, 0.3) is 0 Å². The second-order valence-corrected chi connectivity index (χ2v) is 11.1. The van der Waals surface area contributed by atoms with Crippen molar-refractivity contribution in [2.24, 2.45) is 0 Å². The molecule has 7 heteroatoms. The molecule has 2 amide bonds. The molecule has 1 N–H and O–H groups in total. The van der Waals surface area contributed by atoms with E-state index >= 15 is 0 Å². The van der Waals surface area contributed by atoms with Crippen LogP contribution >= 0.6 is 23.4 Å². The Kier molecular flexibility index (Phi) is 9.97. The van der Waals surface area contributed by atoms with Crippen molar-refractivity contribution < 1.29 is 14.0 Å². The fourth-order valence-electron chi connectivity index (χ4n) is 3.74. The Balaban J connectivity index is 1.87. The Bertz CT molecular complexity index is 1150. The van der Waals surface area contributed by atoms with Crippen LogP contribution in [-0.4, -0.2) is 34.0 Å². The minimum atomic E-state index is -0.731. The van der Waals surface area contributed by atoms with E-state index in [9.17, 15) is 14.0 Å². The molecule has 0 aromatic heterocycles. The van der Waals surface area contributed by atoms with Crippen LogP contribution in [0, 0.1) is 5.82 Å². The van der Waals surface area contributed by atoms with Gasteiger partial charge < -0.3 is 10.2 Å². The molecule has 3 rings (SSSR count). The highest BCUT2D eigenvalue weighted by Crippen LogP contribution is 2.23. The van der Waals surface area contributed by atoms with E-state index in [4.69, 9.17) is 11.6 Å². The van der Waals surface area contributed by atoms with E-state index < -0.39 is 11.6 Å². The molecule has 0 heterocycles. The molecule has 190 valence electrons. The lowest BCUT2D eigenvalue weighted by atomic mass is 10.0. The Morgan fingerprint density at radius 3 is 2.22 bits per heavy atom. The lowest BCUT2D eigenvalue weighted by molar-refractivity contribution is -0.140. The second kappa shape index (κ2) is 12.9. The minimum absolute atomic E-state index is 0.165. The monoisotopic (exact) mass is 526 g/mol. The molecular weight excluding hydrogens is 495 g/mol. The topological polar surface area (TPSA) is 49.4 Å². The lowest BCUT2D eigenvalue weighted by Gasteiger charge is -2.34. The fourth-order valence-corrected chi connectivity index (χ4v) is 4.94. The molecule has 0 aliphatic heterocycles. The van der Waals surface area contributed by atoms with Gasteiger partial charge in [0.05, 0.1) is 5.75 Å². The zero-order chi connectivity index (χ0) is 26.1. The van der Waals surface area contributed by atoms with Crippen molar-refractivity contribution in [3.8, 4) is 0 Å². The molecule has 0 saturated carbocycles. The van der Waals surface area contributed by atoms with Crippen LogP contribution in [0.2, 0.25) is 5.02 Å². The summed E-state index contributed by atoms with van der Waals surface area (Å²) in [4.78, 5) is 28.7. The number of thioether (sulfide) groups is 1. The van der Waals surface area contributed by atoms with Crippen molar-refractivity contribution in [1.82, 2.24) is 10.2 Å². The average molecular weight is 527 g/mol. The molecule has 0 aliphatic carbocycles. The van der Waals surface area contributed by atoms with Gasteiger partial charge in [0.1, 0.15) is 11.9 Å². The van der Waals surface area contributed by atoms with Crippen molar-refractivity contribution in [1.29, 1.82) is 0 Å². The zero-order valence-corrected chi connectivity index (χ0v) is 22.4. The van der Waals surface area contributed by atoms with E-state index in [-0.39, 0.29) is 29.9 Å². The number of amides is 2. The van der Waals surface area contributed by atoms with Crippen molar-refractivity contribution in [3.63, 3.8) is 0 Å². The fraction of sp³-hybridized carbons (Fsp3) is 0.310. The number of hydrogen-bond acceptors (Lipinski definition) is 3. The Morgan fingerprint density at radius 1 is 0.944 bits per heavy atom. The molecule has 0 spiro atoms. The normalized spacial score (nSPS) is 12.1. The molecule has 0 aliphatic rings. The predicted octanol–water partition coefficient (Wildman–Crippen LogP) is 6.27. The predicted molar refractivity (Wildman–Crippen MR) is 146 cm³/mol. The van der Waals surface area contributed by atoms with Crippen LogP contribution in [0.1, 0.15) is 37.5 Å². The molecule has 3 aromatic rings. The Morgan fingerprint density at radius 2 is 1.58 bits per heavy atom. The molecule has 36 heavy (non-hydrogen) atoms. The SMILES string of the molecule is CC(C)(C)NC(=O)[C@H](Cc1ccccc1)N(Cc1ccc(F)cc1)C(=O)CSCc1ccccc1Cl. The number of hydrogen-bond donors (Lipinski definition) is 1. The summed E-state index contributed by atoms with van der Waals surface area (Å²) in [5, 5.41) is 3.70. The molecular formula is C29H32ClFN2O2S. The maximum absolute atomic E-state index is 13.6. The van der Waals surface area contributed by atoms with E-state index in [1.54, 1.807) is 17.0 Å². The van der Waals surface area contributed by atoms with Gasteiger partial charge in [-0.15, -0.1) is 11.8 Å². The summed E-state index contributed by atoms with van der Waals surface area (Å²) < 4.78 is 13.5. The van der Waals surface area contributed by atoms with Gasteiger partial charge in [0.15, 0.2) is 0 Å². The average Bonchev–Trinajstić information content (AvgIpc) is 2.83. The second-order valence-electron chi connectivity index (χ2n) is 9.68. The molecule has 0 saturated heterocycles. The maximum atomic E-state index is 13.6. The Hall–Kier alpha value is -2.83. The first-order valence-electron chi connectivity index (χ1n) is 11.8. The number of nitrogens with zero attached hydrogens (tertiary/aromatic N) is 1. The molecule has 0 bridgehead atoms. The van der Waals surface area contributed by atoms with Crippen molar-refractivity contribution in [2.75, 3.05) is 5.75 Å². The van der Waals surface area contributed by atoms with Crippen molar-refractivity contribution in [2.45, 2.75) is 51.1 Å². The quantitative estimate of drug-likeness (QED) is 0.339. The number of carbonyl (C=O) groups is 2. The number of halogens is 2. The minimum Gasteiger partial charge on any atom is -0.350 e. The van der Waals surface area contributed by atoms with Crippen LogP contribution in [0.4, 0.5) is 4.39 Å². The number of benzene rings is 3. The Labute approximate surface area is 222 Å². The summed E-state index contributed by atoms with van der Waals surface area (Å²) in [6.07, 6.45) is 0.366. The summed E-state index contributed by atoms with van der Waals surface area (Å²) in [6.45, 7) is 5.93. The zero-order valence-electron chi connectivity index (χ0n) is 20.8. The van der Waals surface area contributed by atoms with Gasteiger partial charge in [-0.2, -0.15) is 0 Å². The van der Waals surface area contributed by atoms with E-state index in [0.717, 1.165) is 16.7 Å². The highest BCUT2D eigenvalue weighted by atomic mass is 35.5. The van der Waals surface area contributed by atoms with E-state index in [1.165, 1.54) is 23.9 Å². The molecule has 4 nitrogen and oxygen atoms in total. The smallest absolute Gasteiger partial charge is 0.243 e. The van der Waals surface area contributed by atoms with Gasteiger partial charge in [-0.05, 0) is 55.7 Å². The van der Waals surface area contributed by atoms with Gasteiger partial charge in [0.25, 0.3) is 0 Å². The van der Waals surface area contributed by atoms with E-state index in [0.29, 0.717) is 17.2 Å². The van der Waals surface area contributed by atoms with Gasteiger partial charge in [0.2, 0.25) is 11.8 Å². The standard InChI is InChI=1S/C29H32ClFN2O2S/c1-29(2,3)32-28(35)26(17-21-9-5-4-6-10-21)33(18-22-13-15-24(31)16-14-22)27(34)20-36-19-23-11-7-8-12-25(23)30/h4-16,26H,17-20H2,1-3H3,(H,32,35)/t26-/m0/s1.